The fourth-order valence-electron chi connectivity index (χ4n) is 1.67. The molecular weight excluding hydrogens is 257 g/mol. The highest BCUT2D eigenvalue weighted by Crippen LogP contribution is 2.43. The SMILES string of the molecule is CC(C)c1cc[nH]c(=O)c1C(F)(CF)C(F)(F)F. The molecular formula is C11H12F5NO. The molecule has 1 unspecified atom stereocenters. The molecule has 0 radical (unpaired) electrons. The second kappa shape index (κ2) is 4.70. The van der Waals surface area contributed by atoms with E-state index < -0.39 is 35.6 Å². The van der Waals surface area contributed by atoms with Crippen molar-refractivity contribution in [3.05, 3.63) is 33.7 Å². The molecule has 0 aromatic carbocycles. The van der Waals surface area contributed by atoms with Gasteiger partial charge in [0.15, 0.2) is 0 Å². The maximum absolute atomic E-state index is 13.9. The monoisotopic (exact) mass is 269 g/mol. The number of rotatable bonds is 3. The largest absolute Gasteiger partial charge is 0.429 e. The molecule has 0 aliphatic heterocycles. The second-order valence-electron chi connectivity index (χ2n) is 4.22. The van der Waals surface area contributed by atoms with Gasteiger partial charge in [0.05, 0.1) is 5.56 Å². The lowest BCUT2D eigenvalue weighted by atomic mass is 9.88. The van der Waals surface area contributed by atoms with Crippen LogP contribution in [0.4, 0.5) is 22.0 Å². The van der Waals surface area contributed by atoms with Crippen LogP contribution in [0.25, 0.3) is 0 Å². The molecule has 0 spiro atoms. The normalized spacial score (nSPS) is 15.8. The first-order chi connectivity index (χ1) is 8.15. The van der Waals surface area contributed by atoms with E-state index in [0.717, 1.165) is 12.3 Å². The highest BCUT2D eigenvalue weighted by atomic mass is 19.4. The zero-order valence-corrected chi connectivity index (χ0v) is 9.74. The zero-order chi connectivity index (χ0) is 14.1. The summed E-state index contributed by atoms with van der Waals surface area (Å²) < 4.78 is 64.5. The third-order valence-electron chi connectivity index (χ3n) is 2.64. The number of pyridine rings is 1. The van der Waals surface area contributed by atoms with E-state index in [4.69, 9.17) is 0 Å². The van der Waals surface area contributed by atoms with Gasteiger partial charge in [-0.25, -0.2) is 8.78 Å². The lowest BCUT2D eigenvalue weighted by molar-refractivity contribution is -0.241. The molecule has 102 valence electrons. The standard InChI is InChI=1S/C11H12F5NO/c1-6(2)7-3-4-17-9(18)8(7)10(13,5-12)11(14,15)16/h3-4,6H,5H2,1-2H3,(H,17,18). The quantitative estimate of drug-likeness (QED) is 0.840. The fourth-order valence-corrected chi connectivity index (χ4v) is 1.67. The van der Waals surface area contributed by atoms with Crippen LogP contribution in [0.2, 0.25) is 0 Å². The Bertz CT molecular complexity index is 479. The minimum absolute atomic E-state index is 0.156. The van der Waals surface area contributed by atoms with Crippen LogP contribution in [0.1, 0.15) is 30.9 Å². The van der Waals surface area contributed by atoms with Crippen LogP contribution in [0, 0.1) is 0 Å². The Morgan fingerprint density at radius 3 is 2.22 bits per heavy atom. The van der Waals surface area contributed by atoms with Crippen LogP contribution >= 0.6 is 0 Å². The van der Waals surface area contributed by atoms with Crippen molar-refractivity contribution in [2.45, 2.75) is 31.6 Å². The van der Waals surface area contributed by atoms with Crippen LogP contribution in [0.15, 0.2) is 17.1 Å². The van der Waals surface area contributed by atoms with E-state index in [1.165, 1.54) is 13.8 Å². The summed E-state index contributed by atoms with van der Waals surface area (Å²) in [5.74, 6) is -0.536. The first-order valence-corrected chi connectivity index (χ1v) is 5.18. The minimum Gasteiger partial charge on any atom is -0.329 e. The Balaban J connectivity index is 3.62. The van der Waals surface area contributed by atoms with Gasteiger partial charge in [-0.05, 0) is 17.5 Å². The first kappa shape index (κ1) is 14.7. The van der Waals surface area contributed by atoms with Crippen molar-refractivity contribution in [2.75, 3.05) is 6.67 Å². The Morgan fingerprint density at radius 1 is 1.28 bits per heavy atom. The predicted octanol–water partition coefficient (Wildman–Crippen LogP) is 3.19. The third kappa shape index (κ3) is 2.26. The van der Waals surface area contributed by atoms with Gasteiger partial charge in [0.2, 0.25) is 0 Å². The molecule has 0 saturated heterocycles. The van der Waals surface area contributed by atoms with Crippen LogP contribution in [-0.4, -0.2) is 17.8 Å². The van der Waals surface area contributed by atoms with Gasteiger partial charge in [-0.1, -0.05) is 13.8 Å². The molecule has 1 heterocycles. The smallest absolute Gasteiger partial charge is 0.329 e. The molecule has 1 N–H and O–H groups in total. The molecule has 0 bridgehead atoms. The van der Waals surface area contributed by atoms with Gasteiger partial charge in [-0.2, -0.15) is 13.2 Å². The summed E-state index contributed by atoms with van der Waals surface area (Å²) in [4.78, 5) is 13.4. The first-order valence-electron chi connectivity index (χ1n) is 5.18. The zero-order valence-electron chi connectivity index (χ0n) is 9.74. The Kier molecular flexibility index (Phi) is 3.83. The summed E-state index contributed by atoms with van der Waals surface area (Å²) in [6, 6.07) is 1.15. The average Bonchev–Trinajstić information content (AvgIpc) is 2.26. The van der Waals surface area contributed by atoms with E-state index in [-0.39, 0.29) is 5.56 Å². The fraction of sp³-hybridized carbons (Fsp3) is 0.545. The number of aromatic nitrogens is 1. The van der Waals surface area contributed by atoms with E-state index in [2.05, 4.69) is 0 Å². The van der Waals surface area contributed by atoms with E-state index in [0.29, 0.717) is 0 Å². The molecule has 0 aliphatic carbocycles. The van der Waals surface area contributed by atoms with Gasteiger partial charge < -0.3 is 4.98 Å². The number of hydrogen-bond donors (Lipinski definition) is 1. The van der Waals surface area contributed by atoms with Crippen LogP contribution in [-0.2, 0) is 5.67 Å². The second-order valence-corrected chi connectivity index (χ2v) is 4.22. The highest BCUT2D eigenvalue weighted by Gasteiger charge is 2.60. The molecule has 0 saturated carbocycles. The molecule has 0 amide bonds. The molecule has 2 nitrogen and oxygen atoms in total. The molecule has 0 aliphatic rings. The van der Waals surface area contributed by atoms with Gasteiger partial charge >= 0.3 is 6.18 Å². The average molecular weight is 269 g/mol. The summed E-state index contributed by atoms with van der Waals surface area (Å²) in [6.07, 6.45) is -4.38. The third-order valence-corrected chi connectivity index (χ3v) is 2.64. The maximum atomic E-state index is 13.9. The molecule has 1 atom stereocenters. The molecule has 18 heavy (non-hydrogen) atoms. The summed E-state index contributed by atoms with van der Waals surface area (Å²) in [5, 5.41) is 0. The Morgan fingerprint density at radius 2 is 1.83 bits per heavy atom. The van der Waals surface area contributed by atoms with E-state index in [9.17, 15) is 26.7 Å². The predicted molar refractivity (Wildman–Crippen MR) is 56.0 cm³/mol. The van der Waals surface area contributed by atoms with Crippen molar-refractivity contribution >= 4 is 0 Å². The Hall–Kier alpha value is -1.40. The summed E-state index contributed by atoms with van der Waals surface area (Å²) in [7, 11) is 0. The van der Waals surface area contributed by atoms with Crippen molar-refractivity contribution in [1.29, 1.82) is 0 Å². The number of nitrogens with one attached hydrogen (secondary N) is 1. The Labute approximate surface area is 99.8 Å². The number of halogens is 5. The molecule has 1 aromatic rings. The molecule has 1 aromatic heterocycles. The van der Waals surface area contributed by atoms with Crippen molar-refractivity contribution in [3.8, 4) is 0 Å². The number of H-pyrrole nitrogens is 1. The molecule has 1 rings (SSSR count). The number of aromatic amines is 1. The van der Waals surface area contributed by atoms with E-state index in [1.54, 1.807) is 0 Å². The van der Waals surface area contributed by atoms with Crippen LogP contribution < -0.4 is 5.56 Å². The van der Waals surface area contributed by atoms with Gasteiger partial charge in [0.25, 0.3) is 11.2 Å². The van der Waals surface area contributed by atoms with E-state index in [1.807, 2.05) is 4.98 Å². The summed E-state index contributed by atoms with van der Waals surface area (Å²) in [5.41, 5.74) is -6.90. The highest BCUT2D eigenvalue weighted by molar-refractivity contribution is 5.33. The number of alkyl halides is 5. The van der Waals surface area contributed by atoms with Gasteiger partial charge in [0, 0.05) is 6.20 Å². The maximum Gasteiger partial charge on any atom is 0.429 e. The van der Waals surface area contributed by atoms with Crippen LogP contribution in [0.3, 0.4) is 0 Å². The van der Waals surface area contributed by atoms with Crippen LogP contribution in [0.5, 0.6) is 0 Å². The lowest BCUT2D eigenvalue weighted by Crippen LogP contribution is -2.45. The summed E-state index contributed by atoms with van der Waals surface area (Å²) in [6.45, 7) is 0.657. The topological polar surface area (TPSA) is 32.9 Å². The van der Waals surface area contributed by atoms with Crippen molar-refractivity contribution in [3.63, 3.8) is 0 Å². The van der Waals surface area contributed by atoms with Crippen molar-refractivity contribution < 1.29 is 22.0 Å². The van der Waals surface area contributed by atoms with Gasteiger partial charge in [-0.15, -0.1) is 0 Å². The van der Waals surface area contributed by atoms with E-state index >= 15 is 0 Å². The lowest BCUT2D eigenvalue weighted by Gasteiger charge is -2.27. The minimum atomic E-state index is -5.49. The van der Waals surface area contributed by atoms with Crippen molar-refractivity contribution in [2.24, 2.45) is 0 Å². The van der Waals surface area contributed by atoms with Gasteiger partial charge in [0.1, 0.15) is 6.67 Å². The summed E-state index contributed by atoms with van der Waals surface area (Å²) >= 11 is 0. The van der Waals surface area contributed by atoms with Gasteiger partial charge in [-0.3, -0.25) is 4.79 Å². The van der Waals surface area contributed by atoms with Crippen molar-refractivity contribution in [1.82, 2.24) is 4.98 Å². The number of hydrogen-bond acceptors (Lipinski definition) is 1. The molecule has 7 heteroatoms. The molecule has 0 fully saturated rings.